The molecular weight excluding hydrogens is 226 g/mol. The van der Waals surface area contributed by atoms with Gasteiger partial charge >= 0.3 is 5.97 Å². The highest BCUT2D eigenvalue weighted by Gasteiger charge is 2.63. The molecule has 0 saturated heterocycles. The summed E-state index contributed by atoms with van der Waals surface area (Å²) in [6, 6.07) is 0. The molecule has 0 aromatic heterocycles. The van der Waals surface area contributed by atoms with Crippen molar-refractivity contribution in [3.8, 4) is 0 Å². The first kappa shape index (κ1) is 13.9. The molecule has 2 N–H and O–H groups in total. The molecule has 104 valence electrons. The van der Waals surface area contributed by atoms with Crippen LogP contribution in [0.2, 0.25) is 0 Å². The number of fused-ring (bicyclic) bond motifs is 2. The summed E-state index contributed by atoms with van der Waals surface area (Å²) in [6.07, 6.45) is 3.68. The summed E-state index contributed by atoms with van der Waals surface area (Å²) in [4.78, 5) is 12.1. The number of rotatable bonds is 4. The molecule has 3 nitrogen and oxygen atoms in total. The van der Waals surface area contributed by atoms with Gasteiger partial charge in [-0.05, 0) is 48.9 Å². The van der Waals surface area contributed by atoms with Crippen molar-refractivity contribution in [1.29, 1.82) is 0 Å². The molecule has 3 heteroatoms. The van der Waals surface area contributed by atoms with Crippen LogP contribution >= 0.6 is 0 Å². The summed E-state index contributed by atoms with van der Waals surface area (Å²) >= 11 is 0. The third-order valence-electron chi connectivity index (χ3n) is 6.19. The minimum Gasteiger partial charge on any atom is -0.466 e. The molecular formula is C15H27NO2. The fraction of sp³-hybridized carbons (Fsp3) is 0.933. The van der Waals surface area contributed by atoms with Gasteiger partial charge in [0.05, 0.1) is 12.5 Å². The van der Waals surface area contributed by atoms with Gasteiger partial charge < -0.3 is 10.5 Å². The van der Waals surface area contributed by atoms with Gasteiger partial charge in [0, 0.05) is 6.54 Å². The Morgan fingerprint density at radius 1 is 1.44 bits per heavy atom. The first-order valence-electron chi connectivity index (χ1n) is 7.25. The zero-order valence-corrected chi connectivity index (χ0v) is 12.2. The quantitative estimate of drug-likeness (QED) is 0.783. The van der Waals surface area contributed by atoms with Crippen molar-refractivity contribution in [2.45, 2.75) is 47.0 Å². The Kier molecular flexibility index (Phi) is 3.48. The van der Waals surface area contributed by atoms with Gasteiger partial charge in [-0.25, -0.2) is 0 Å². The van der Waals surface area contributed by atoms with Crippen LogP contribution < -0.4 is 5.73 Å². The van der Waals surface area contributed by atoms with Crippen LogP contribution in [0.5, 0.6) is 0 Å². The van der Waals surface area contributed by atoms with Crippen LogP contribution in [0.1, 0.15) is 47.0 Å². The second kappa shape index (κ2) is 4.52. The molecule has 2 saturated carbocycles. The third kappa shape index (κ3) is 1.70. The average Bonchev–Trinajstić information content (AvgIpc) is 2.63. The second-order valence-corrected chi connectivity index (χ2v) is 6.81. The smallest absolute Gasteiger partial charge is 0.310 e. The molecule has 0 spiro atoms. The standard InChI is InChI=1S/C15H27NO2/c1-5-18-13(17)11(9-16)12-8-10-6-7-15(12,4)14(10,2)3/h10-12H,5-9,16H2,1-4H3/t10-,11+,12-,15-/m1/s1. The number of carbonyl (C=O) groups is 1. The van der Waals surface area contributed by atoms with Gasteiger partial charge in [-0.2, -0.15) is 0 Å². The highest BCUT2D eigenvalue weighted by molar-refractivity contribution is 5.73. The van der Waals surface area contributed by atoms with E-state index < -0.39 is 0 Å². The van der Waals surface area contributed by atoms with Gasteiger partial charge in [-0.1, -0.05) is 20.8 Å². The molecule has 0 aromatic carbocycles. The Balaban J connectivity index is 2.22. The van der Waals surface area contributed by atoms with Crippen LogP contribution in [0.25, 0.3) is 0 Å². The van der Waals surface area contributed by atoms with Gasteiger partial charge in [-0.3, -0.25) is 4.79 Å². The number of carbonyl (C=O) groups excluding carboxylic acids is 1. The fourth-order valence-electron chi connectivity index (χ4n) is 4.55. The van der Waals surface area contributed by atoms with E-state index in [0.717, 1.165) is 12.3 Å². The van der Waals surface area contributed by atoms with Gasteiger partial charge in [0.2, 0.25) is 0 Å². The van der Waals surface area contributed by atoms with Crippen molar-refractivity contribution in [3.05, 3.63) is 0 Å². The Labute approximate surface area is 110 Å². The summed E-state index contributed by atoms with van der Waals surface area (Å²) in [7, 11) is 0. The monoisotopic (exact) mass is 253 g/mol. The van der Waals surface area contributed by atoms with E-state index in [-0.39, 0.29) is 17.3 Å². The maximum Gasteiger partial charge on any atom is 0.310 e. The van der Waals surface area contributed by atoms with Gasteiger partial charge in [0.25, 0.3) is 0 Å². The Morgan fingerprint density at radius 3 is 2.50 bits per heavy atom. The van der Waals surface area contributed by atoms with E-state index in [0.29, 0.717) is 24.5 Å². The molecule has 0 radical (unpaired) electrons. The van der Waals surface area contributed by atoms with Crippen LogP contribution in [0, 0.1) is 28.6 Å². The zero-order chi connectivity index (χ0) is 13.6. The van der Waals surface area contributed by atoms with Crippen LogP contribution in [0.4, 0.5) is 0 Å². The van der Waals surface area contributed by atoms with Crippen molar-refractivity contribution in [2.75, 3.05) is 13.2 Å². The van der Waals surface area contributed by atoms with Gasteiger partial charge in [-0.15, -0.1) is 0 Å². The third-order valence-corrected chi connectivity index (χ3v) is 6.19. The van der Waals surface area contributed by atoms with Crippen molar-refractivity contribution in [3.63, 3.8) is 0 Å². The number of hydrogen-bond acceptors (Lipinski definition) is 3. The summed E-state index contributed by atoms with van der Waals surface area (Å²) in [5.41, 5.74) is 6.44. The second-order valence-electron chi connectivity index (χ2n) is 6.81. The van der Waals surface area contributed by atoms with Crippen molar-refractivity contribution >= 4 is 5.97 Å². The van der Waals surface area contributed by atoms with E-state index in [1.165, 1.54) is 12.8 Å². The Bertz CT molecular complexity index is 339. The van der Waals surface area contributed by atoms with Crippen molar-refractivity contribution < 1.29 is 9.53 Å². The molecule has 2 fully saturated rings. The fourth-order valence-corrected chi connectivity index (χ4v) is 4.55. The van der Waals surface area contributed by atoms with Gasteiger partial charge in [0.1, 0.15) is 0 Å². The maximum atomic E-state index is 12.1. The number of nitrogens with two attached hydrogens (primary N) is 1. The summed E-state index contributed by atoms with van der Waals surface area (Å²) in [5.74, 6) is 0.945. The van der Waals surface area contributed by atoms with Crippen LogP contribution in [-0.2, 0) is 9.53 Å². The highest BCUT2D eigenvalue weighted by Crippen LogP contribution is 2.69. The minimum absolute atomic E-state index is 0.0884. The average molecular weight is 253 g/mol. The lowest BCUT2D eigenvalue weighted by Crippen LogP contribution is -2.42. The summed E-state index contributed by atoms with van der Waals surface area (Å²) in [6.45, 7) is 9.81. The molecule has 0 unspecified atom stereocenters. The lowest BCUT2D eigenvalue weighted by Gasteiger charge is -2.41. The predicted molar refractivity (Wildman–Crippen MR) is 71.9 cm³/mol. The largest absolute Gasteiger partial charge is 0.466 e. The molecule has 0 aromatic rings. The first-order valence-corrected chi connectivity index (χ1v) is 7.25. The van der Waals surface area contributed by atoms with Crippen LogP contribution in [-0.4, -0.2) is 19.1 Å². The van der Waals surface area contributed by atoms with Crippen molar-refractivity contribution in [1.82, 2.24) is 0 Å². The number of esters is 1. The number of ether oxygens (including phenoxy) is 1. The van der Waals surface area contributed by atoms with E-state index in [9.17, 15) is 4.79 Å². The number of hydrogen-bond donors (Lipinski definition) is 1. The molecule has 4 atom stereocenters. The normalized spacial score (nSPS) is 38.7. The molecule has 0 aliphatic heterocycles. The Morgan fingerprint density at radius 2 is 2.11 bits per heavy atom. The van der Waals surface area contributed by atoms with E-state index in [1.54, 1.807) is 0 Å². The van der Waals surface area contributed by atoms with Crippen LogP contribution in [0.3, 0.4) is 0 Å². The van der Waals surface area contributed by atoms with E-state index >= 15 is 0 Å². The minimum atomic E-state index is -0.112. The van der Waals surface area contributed by atoms with E-state index in [2.05, 4.69) is 20.8 Å². The zero-order valence-electron chi connectivity index (χ0n) is 12.2. The lowest BCUT2D eigenvalue weighted by molar-refractivity contribution is -0.152. The summed E-state index contributed by atoms with van der Waals surface area (Å²) < 4.78 is 5.21. The first-order chi connectivity index (χ1) is 8.38. The SMILES string of the molecule is CCOC(=O)[C@@H](CN)[C@H]1C[C@H]2CC[C@@]1(C)C2(C)C. The molecule has 2 aliphatic rings. The van der Waals surface area contributed by atoms with Crippen molar-refractivity contribution in [2.24, 2.45) is 34.3 Å². The van der Waals surface area contributed by atoms with Gasteiger partial charge in [0.15, 0.2) is 0 Å². The Hall–Kier alpha value is -0.570. The molecule has 2 aliphatic carbocycles. The predicted octanol–water partition coefficient (Wildman–Crippen LogP) is 2.59. The molecule has 18 heavy (non-hydrogen) atoms. The molecule has 0 heterocycles. The van der Waals surface area contributed by atoms with E-state index in [1.807, 2.05) is 6.92 Å². The molecule has 0 amide bonds. The lowest BCUT2D eigenvalue weighted by atomic mass is 9.63. The maximum absolute atomic E-state index is 12.1. The molecule has 2 rings (SSSR count). The van der Waals surface area contributed by atoms with Crippen LogP contribution in [0.15, 0.2) is 0 Å². The molecule has 2 bridgehead atoms. The van der Waals surface area contributed by atoms with E-state index in [4.69, 9.17) is 10.5 Å². The summed E-state index contributed by atoms with van der Waals surface area (Å²) in [5, 5.41) is 0. The highest BCUT2D eigenvalue weighted by atomic mass is 16.5. The topological polar surface area (TPSA) is 52.3 Å².